The maximum atomic E-state index is 6.01. The van der Waals surface area contributed by atoms with Gasteiger partial charge >= 0.3 is 0 Å². The molecule has 1 aromatic carbocycles. The van der Waals surface area contributed by atoms with Gasteiger partial charge in [0, 0.05) is 29.3 Å². The molecule has 94 valence electrons. The minimum atomic E-state index is 0.581. The summed E-state index contributed by atoms with van der Waals surface area (Å²) in [5.41, 5.74) is 2.40. The van der Waals surface area contributed by atoms with Gasteiger partial charge in [0.25, 0.3) is 0 Å². The molecule has 17 heavy (non-hydrogen) atoms. The molecule has 1 aromatic rings. The fraction of sp³-hybridized carbons (Fsp3) is 0.571. The molecule has 0 bridgehead atoms. The highest BCUT2D eigenvalue weighted by atomic mass is 35.5. The van der Waals surface area contributed by atoms with Crippen LogP contribution in [0, 0.1) is 6.92 Å². The van der Waals surface area contributed by atoms with E-state index in [2.05, 4.69) is 30.5 Å². The van der Waals surface area contributed by atoms with Crippen LogP contribution < -0.4 is 10.6 Å². The van der Waals surface area contributed by atoms with Crippen LogP contribution in [0.25, 0.3) is 0 Å². The summed E-state index contributed by atoms with van der Waals surface area (Å²) in [6, 6.07) is 7.22. The first-order valence-corrected chi connectivity index (χ1v) is 6.79. The molecule has 2 unspecified atom stereocenters. The van der Waals surface area contributed by atoms with Crippen molar-refractivity contribution in [3.8, 4) is 0 Å². The fourth-order valence-corrected chi connectivity index (χ4v) is 2.59. The molecule has 0 amide bonds. The van der Waals surface area contributed by atoms with Crippen LogP contribution in [0.15, 0.2) is 18.2 Å². The Bertz CT molecular complexity index is 378. The average molecular weight is 253 g/mol. The topological polar surface area (TPSA) is 24.1 Å². The van der Waals surface area contributed by atoms with Crippen molar-refractivity contribution in [3.63, 3.8) is 0 Å². The summed E-state index contributed by atoms with van der Waals surface area (Å²) in [5, 5.41) is 7.92. The Balaban J connectivity index is 1.90. The monoisotopic (exact) mass is 252 g/mol. The second-order valence-corrected chi connectivity index (χ2v) is 5.47. The first-order chi connectivity index (χ1) is 8.15. The lowest BCUT2D eigenvalue weighted by molar-refractivity contribution is 0.345. The number of benzene rings is 1. The Morgan fingerprint density at radius 2 is 2.24 bits per heavy atom. The molecule has 3 heteroatoms. The quantitative estimate of drug-likeness (QED) is 0.859. The van der Waals surface area contributed by atoms with Crippen LogP contribution in [0.4, 0.5) is 5.69 Å². The third-order valence-corrected chi connectivity index (χ3v) is 3.68. The molecule has 2 nitrogen and oxygen atoms in total. The van der Waals surface area contributed by atoms with Crippen molar-refractivity contribution in [2.45, 2.75) is 45.2 Å². The Hall–Kier alpha value is -0.730. The van der Waals surface area contributed by atoms with Gasteiger partial charge in [-0.3, -0.25) is 0 Å². The zero-order valence-corrected chi connectivity index (χ0v) is 11.3. The molecular formula is C14H21ClN2. The van der Waals surface area contributed by atoms with Crippen molar-refractivity contribution in [1.82, 2.24) is 5.32 Å². The molecule has 2 atom stereocenters. The molecule has 1 fully saturated rings. The summed E-state index contributed by atoms with van der Waals surface area (Å²) < 4.78 is 0. The Kier molecular flexibility index (Phi) is 4.30. The molecule has 2 rings (SSSR count). The first-order valence-electron chi connectivity index (χ1n) is 6.41. The molecule has 0 spiro atoms. The molecule has 0 aliphatic carbocycles. The maximum absolute atomic E-state index is 6.01. The van der Waals surface area contributed by atoms with E-state index in [1.54, 1.807) is 0 Å². The minimum absolute atomic E-state index is 0.581. The predicted molar refractivity (Wildman–Crippen MR) is 74.9 cm³/mol. The Morgan fingerprint density at radius 1 is 1.41 bits per heavy atom. The molecule has 1 aliphatic rings. The van der Waals surface area contributed by atoms with Gasteiger partial charge in [0.2, 0.25) is 0 Å². The van der Waals surface area contributed by atoms with Gasteiger partial charge in [0.15, 0.2) is 0 Å². The highest BCUT2D eigenvalue weighted by Crippen LogP contribution is 2.21. The first kappa shape index (κ1) is 12.7. The number of aryl methyl sites for hydroxylation is 1. The molecule has 0 saturated carbocycles. The fourth-order valence-electron chi connectivity index (χ4n) is 2.42. The van der Waals surface area contributed by atoms with E-state index in [1.165, 1.54) is 24.8 Å². The Labute approximate surface area is 109 Å². The van der Waals surface area contributed by atoms with Gasteiger partial charge in [0.05, 0.1) is 0 Å². The number of halogens is 1. The molecule has 1 aliphatic heterocycles. The summed E-state index contributed by atoms with van der Waals surface area (Å²) in [4.78, 5) is 0. The van der Waals surface area contributed by atoms with Gasteiger partial charge in [0.1, 0.15) is 0 Å². The van der Waals surface area contributed by atoms with E-state index in [0.29, 0.717) is 12.1 Å². The van der Waals surface area contributed by atoms with Gasteiger partial charge in [-0.2, -0.15) is 0 Å². The molecule has 0 aromatic heterocycles. The van der Waals surface area contributed by atoms with E-state index in [0.717, 1.165) is 17.3 Å². The van der Waals surface area contributed by atoms with Crippen LogP contribution in [-0.2, 0) is 0 Å². The third-order valence-electron chi connectivity index (χ3n) is 3.45. The number of nitrogens with one attached hydrogen (secondary N) is 2. The number of piperidine rings is 1. The van der Waals surface area contributed by atoms with E-state index in [9.17, 15) is 0 Å². The normalized spacial score (nSPS) is 24.6. The van der Waals surface area contributed by atoms with Crippen LogP contribution >= 0.6 is 11.6 Å². The summed E-state index contributed by atoms with van der Waals surface area (Å²) in [7, 11) is 0. The summed E-state index contributed by atoms with van der Waals surface area (Å²) in [6.07, 6.45) is 3.89. The zero-order valence-electron chi connectivity index (χ0n) is 10.6. The van der Waals surface area contributed by atoms with E-state index in [4.69, 9.17) is 11.6 Å². The maximum Gasteiger partial charge on any atom is 0.0426 e. The SMILES string of the molecule is Cc1ccc(Cl)cc1NCC1CCCC(C)N1. The van der Waals surface area contributed by atoms with E-state index in [1.807, 2.05) is 12.1 Å². The van der Waals surface area contributed by atoms with Crippen LogP contribution in [0.1, 0.15) is 31.7 Å². The van der Waals surface area contributed by atoms with Crippen molar-refractivity contribution in [2.24, 2.45) is 0 Å². The van der Waals surface area contributed by atoms with Gasteiger partial charge in [-0.25, -0.2) is 0 Å². The summed E-state index contributed by atoms with van der Waals surface area (Å²) >= 11 is 6.01. The number of hydrogen-bond donors (Lipinski definition) is 2. The molecule has 2 N–H and O–H groups in total. The van der Waals surface area contributed by atoms with Crippen LogP contribution in [0.5, 0.6) is 0 Å². The van der Waals surface area contributed by atoms with Gasteiger partial charge < -0.3 is 10.6 Å². The van der Waals surface area contributed by atoms with Crippen LogP contribution in [0.2, 0.25) is 5.02 Å². The van der Waals surface area contributed by atoms with Crippen LogP contribution in [-0.4, -0.2) is 18.6 Å². The van der Waals surface area contributed by atoms with Gasteiger partial charge in [-0.05, 0) is 44.4 Å². The molecule has 1 heterocycles. The van der Waals surface area contributed by atoms with E-state index >= 15 is 0 Å². The predicted octanol–water partition coefficient (Wildman–Crippen LogP) is 3.59. The smallest absolute Gasteiger partial charge is 0.0426 e. The van der Waals surface area contributed by atoms with Crippen molar-refractivity contribution < 1.29 is 0 Å². The van der Waals surface area contributed by atoms with Crippen molar-refractivity contribution in [3.05, 3.63) is 28.8 Å². The largest absolute Gasteiger partial charge is 0.383 e. The third kappa shape index (κ3) is 3.62. The number of anilines is 1. The number of hydrogen-bond acceptors (Lipinski definition) is 2. The van der Waals surface area contributed by atoms with Crippen molar-refractivity contribution in [2.75, 3.05) is 11.9 Å². The zero-order chi connectivity index (χ0) is 12.3. The molecule has 1 saturated heterocycles. The lowest BCUT2D eigenvalue weighted by Crippen LogP contribution is -2.44. The summed E-state index contributed by atoms with van der Waals surface area (Å²) in [5.74, 6) is 0. The minimum Gasteiger partial charge on any atom is -0.383 e. The van der Waals surface area contributed by atoms with Crippen molar-refractivity contribution in [1.29, 1.82) is 0 Å². The average Bonchev–Trinajstić information content (AvgIpc) is 2.30. The molecule has 0 radical (unpaired) electrons. The Morgan fingerprint density at radius 3 is 3.00 bits per heavy atom. The summed E-state index contributed by atoms with van der Waals surface area (Å²) in [6.45, 7) is 5.35. The van der Waals surface area contributed by atoms with Gasteiger partial charge in [-0.1, -0.05) is 24.1 Å². The lowest BCUT2D eigenvalue weighted by Gasteiger charge is -2.29. The number of rotatable bonds is 3. The van der Waals surface area contributed by atoms with Gasteiger partial charge in [-0.15, -0.1) is 0 Å². The van der Waals surface area contributed by atoms with Crippen molar-refractivity contribution >= 4 is 17.3 Å². The van der Waals surface area contributed by atoms with E-state index in [-0.39, 0.29) is 0 Å². The highest BCUT2D eigenvalue weighted by Gasteiger charge is 2.17. The molecular weight excluding hydrogens is 232 g/mol. The second kappa shape index (κ2) is 5.74. The second-order valence-electron chi connectivity index (χ2n) is 5.04. The standard InChI is InChI=1S/C14H21ClN2/c1-10-6-7-12(15)8-14(10)16-9-13-5-3-4-11(2)17-13/h6-8,11,13,16-17H,3-5,9H2,1-2H3. The lowest BCUT2D eigenvalue weighted by atomic mass is 9.99. The van der Waals surface area contributed by atoms with Crippen LogP contribution in [0.3, 0.4) is 0 Å². The van der Waals surface area contributed by atoms with E-state index < -0.39 is 0 Å². The highest BCUT2D eigenvalue weighted by molar-refractivity contribution is 6.30.